The highest BCUT2D eigenvalue weighted by Gasteiger charge is 2.25. The number of hydrogen-bond donors (Lipinski definition) is 0. The van der Waals surface area contributed by atoms with Crippen molar-refractivity contribution in [1.82, 2.24) is 14.8 Å². The van der Waals surface area contributed by atoms with Gasteiger partial charge in [-0.2, -0.15) is 0 Å². The molecular formula is C13H17Cl2N3O. The van der Waals surface area contributed by atoms with E-state index in [0.29, 0.717) is 10.6 Å². The highest BCUT2D eigenvalue weighted by Crippen LogP contribution is 2.21. The fourth-order valence-electron chi connectivity index (χ4n) is 2.38. The third-order valence-electron chi connectivity index (χ3n) is 3.35. The summed E-state index contributed by atoms with van der Waals surface area (Å²) in [6.07, 6.45) is 2.46. The zero-order valence-corrected chi connectivity index (χ0v) is 12.6. The van der Waals surface area contributed by atoms with Crippen LogP contribution in [0.2, 0.25) is 10.2 Å². The summed E-state index contributed by atoms with van der Waals surface area (Å²) in [6.45, 7) is 4.70. The zero-order chi connectivity index (χ0) is 14.0. The minimum atomic E-state index is -0.0335. The summed E-state index contributed by atoms with van der Waals surface area (Å²) in [5, 5.41) is 0.536. The van der Waals surface area contributed by atoms with Crippen molar-refractivity contribution in [1.29, 1.82) is 0 Å². The van der Waals surface area contributed by atoms with Crippen molar-refractivity contribution < 1.29 is 4.79 Å². The normalized spacial score (nSPS) is 21.3. The largest absolute Gasteiger partial charge is 0.335 e. The maximum absolute atomic E-state index is 12.5. The molecule has 6 heteroatoms. The van der Waals surface area contributed by atoms with Gasteiger partial charge in [-0.3, -0.25) is 4.79 Å². The number of halogens is 2. The topological polar surface area (TPSA) is 36.4 Å². The van der Waals surface area contributed by atoms with E-state index in [2.05, 4.69) is 23.9 Å². The first-order valence-corrected chi connectivity index (χ1v) is 7.05. The van der Waals surface area contributed by atoms with Crippen molar-refractivity contribution in [3.63, 3.8) is 0 Å². The molecule has 0 spiro atoms. The summed E-state index contributed by atoms with van der Waals surface area (Å²) in [4.78, 5) is 20.6. The number of nitrogens with zero attached hydrogens (tertiary/aromatic N) is 3. The van der Waals surface area contributed by atoms with Crippen LogP contribution in [0.25, 0.3) is 0 Å². The molecule has 0 N–H and O–H groups in total. The Hall–Kier alpha value is -0.840. The Morgan fingerprint density at radius 2 is 2.16 bits per heavy atom. The second kappa shape index (κ2) is 6.07. The van der Waals surface area contributed by atoms with Gasteiger partial charge in [0, 0.05) is 25.3 Å². The fourth-order valence-corrected chi connectivity index (χ4v) is 2.65. The van der Waals surface area contributed by atoms with Crippen LogP contribution in [0.3, 0.4) is 0 Å². The fraction of sp³-hybridized carbons (Fsp3) is 0.538. The Bertz CT molecular complexity index is 481. The minimum Gasteiger partial charge on any atom is -0.335 e. The third-order valence-corrected chi connectivity index (χ3v) is 4.04. The van der Waals surface area contributed by atoms with Crippen molar-refractivity contribution in [2.45, 2.75) is 19.4 Å². The van der Waals surface area contributed by atoms with E-state index in [-0.39, 0.29) is 17.1 Å². The van der Waals surface area contributed by atoms with E-state index in [1.165, 1.54) is 6.20 Å². The Labute approximate surface area is 123 Å². The number of hydrogen-bond acceptors (Lipinski definition) is 3. The molecule has 1 unspecified atom stereocenters. The Kier molecular flexibility index (Phi) is 4.66. The molecule has 1 saturated heterocycles. The average Bonchev–Trinajstić information content (AvgIpc) is 2.52. The minimum absolute atomic E-state index is 0.0335. The van der Waals surface area contributed by atoms with Crippen LogP contribution in [-0.2, 0) is 0 Å². The molecule has 2 heterocycles. The van der Waals surface area contributed by atoms with Crippen molar-refractivity contribution >= 4 is 29.1 Å². The molecule has 1 aliphatic rings. The molecule has 1 atom stereocenters. The molecule has 0 bridgehead atoms. The lowest BCUT2D eigenvalue weighted by molar-refractivity contribution is 0.0696. The highest BCUT2D eigenvalue weighted by atomic mass is 35.5. The quantitative estimate of drug-likeness (QED) is 0.748. The van der Waals surface area contributed by atoms with Gasteiger partial charge in [0.2, 0.25) is 0 Å². The number of aromatic nitrogens is 1. The van der Waals surface area contributed by atoms with Gasteiger partial charge in [0.25, 0.3) is 5.91 Å². The number of amides is 1. The molecule has 0 radical (unpaired) electrons. The van der Waals surface area contributed by atoms with Gasteiger partial charge in [-0.25, -0.2) is 4.98 Å². The van der Waals surface area contributed by atoms with Crippen LogP contribution in [0.4, 0.5) is 0 Å². The molecule has 1 aliphatic heterocycles. The van der Waals surface area contributed by atoms with Crippen molar-refractivity contribution in [3.8, 4) is 0 Å². The summed E-state index contributed by atoms with van der Waals surface area (Å²) in [7, 11) is 2.07. The van der Waals surface area contributed by atoms with Crippen LogP contribution in [-0.4, -0.2) is 53.4 Å². The highest BCUT2D eigenvalue weighted by molar-refractivity contribution is 6.41. The van der Waals surface area contributed by atoms with Gasteiger partial charge in [0.05, 0.1) is 10.6 Å². The van der Waals surface area contributed by atoms with Gasteiger partial charge in [-0.05, 0) is 33.0 Å². The van der Waals surface area contributed by atoms with Crippen LogP contribution < -0.4 is 0 Å². The van der Waals surface area contributed by atoms with Gasteiger partial charge in [0.1, 0.15) is 5.15 Å². The number of likely N-dealkylation sites (N-methyl/N-ethyl adjacent to an activating group) is 1. The Morgan fingerprint density at radius 3 is 2.84 bits per heavy atom. The maximum Gasteiger partial charge on any atom is 0.255 e. The SMILES string of the molecule is CC1CN(C)CCCN1C(=O)c1cnc(Cl)c(Cl)c1. The van der Waals surface area contributed by atoms with E-state index in [9.17, 15) is 4.79 Å². The summed E-state index contributed by atoms with van der Waals surface area (Å²) < 4.78 is 0. The molecule has 4 nitrogen and oxygen atoms in total. The standard InChI is InChI=1S/C13H17Cl2N3O/c1-9-8-17(2)4-3-5-18(9)13(19)10-6-11(14)12(15)16-7-10/h6-7,9H,3-5,8H2,1-2H3. The molecule has 104 valence electrons. The molecular weight excluding hydrogens is 285 g/mol. The summed E-state index contributed by atoms with van der Waals surface area (Å²) in [5.41, 5.74) is 0.491. The second-order valence-corrected chi connectivity index (χ2v) is 5.73. The van der Waals surface area contributed by atoms with Crippen molar-refractivity contribution in [2.24, 2.45) is 0 Å². The van der Waals surface area contributed by atoms with E-state index in [4.69, 9.17) is 23.2 Å². The van der Waals surface area contributed by atoms with E-state index in [1.807, 2.05) is 4.90 Å². The summed E-state index contributed by atoms with van der Waals surface area (Å²) in [6, 6.07) is 1.76. The second-order valence-electron chi connectivity index (χ2n) is 4.96. The van der Waals surface area contributed by atoms with Crippen LogP contribution in [0.15, 0.2) is 12.3 Å². The lowest BCUT2D eigenvalue weighted by Crippen LogP contribution is -2.42. The monoisotopic (exact) mass is 301 g/mol. The molecule has 19 heavy (non-hydrogen) atoms. The van der Waals surface area contributed by atoms with E-state index >= 15 is 0 Å². The first-order valence-electron chi connectivity index (χ1n) is 6.29. The smallest absolute Gasteiger partial charge is 0.255 e. The molecule has 1 fully saturated rings. The predicted molar refractivity (Wildman–Crippen MR) is 76.9 cm³/mol. The van der Waals surface area contributed by atoms with Crippen LogP contribution in [0.1, 0.15) is 23.7 Å². The maximum atomic E-state index is 12.5. The predicted octanol–water partition coefficient (Wildman–Crippen LogP) is 2.55. The number of pyridine rings is 1. The lowest BCUT2D eigenvalue weighted by atomic mass is 10.2. The van der Waals surface area contributed by atoms with Gasteiger partial charge < -0.3 is 9.80 Å². The van der Waals surface area contributed by atoms with Gasteiger partial charge in [-0.1, -0.05) is 23.2 Å². The van der Waals surface area contributed by atoms with Gasteiger partial charge in [-0.15, -0.1) is 0 Å². The van der Waals surface area contributed by atoms with Gasteiger partial charge in [0.15, 0.2) is 0 Å². The summed E-state index contributed by atoms with van der Waals surface area (Å²) in [5.74, 6) is -0.0335. The molecule has 1 amide bonds. The van der Waals surface area contributed by atoms with Crippen molar-refractivity contribution in [2.75, 3.05) is 26.7 Å². The molecule has 1 aromatic rings. The Balaban J connectivity index is 2.20. The number of carbonyl (C=O) groups is 1. The van der Waals surface area contributed by atoms with E-state index < -0.39 is 0 Å². The molecule has 0 aromatic carbocycles. The Morgan fingerprint density at radius 1 is 1.42 bits per heavy atom. The molecule has 0 aliphatic carbocycles. The van der Waals surface area contributed by atoms with Gasteiger partial charge >= 0.3 is 0 Å². The van der Waals surface area contributed by atoms with Crippen LogP contribution in [0.5, 0.6) is 0 Å². The van der Waals surface area contributed by atoms with Crippen molar-refractivity contribution in [3.05, 3.63) is 28.0 Å². The average molecular weight is 302 g/mol. The van der Waals surface area contributed by atoms with E-state index in [0.717, 1.165) is 26.1 Å². The molecule has 0 saturated carbocycles. The first-order chi connectivity index (χ1) is 8.99. The van der Waals surface area contributed by atoms with E-state index in [1.54, 1.807) is 6.07 Å². The number of rotatable bonds is 1. The molecule has 2 rings (SSSR count). The third kappa shape index (κ3) is 3.38. The number of carbonyl (C=O) groups excluding carboxylic acids is 1. The van der Waals surface area contributed by atoms with Crippen LogP contribution in [0, 0.1) is 0 Å². The zero-order valence-electron chi connectivity index (χ0n) is 11.1. The summed E-state index contributed by atoms with van der Waals surface area (Å²) >= 11 is 11.7. The lowest BCUT2D eigenvalue weighted by Gasteiger charge is -2.28. The molecule has 1 aromatic heterocycles. The first kappa shape index (κ1) is 14.6. The van der Waals surface area contributed by atoms with Crippen LogP contribution >= 0.6 is 23.2 Å².